The summed E-state index contributed by atoms with van der Waals surface area (Å²) < 4.78 is 22.2. The monoisotopic (exact) mass is 333 g/mol. The predicted molar refractivity (Wildman–Crippen MR) is 79.4 cm³/mol. The molecule has 1 aromatic carbocycles. The molecule has 6 nitrogen and oxygen atoms in total. The molecule has 0 spiro atoms. The number of hydrogen-bond donors (Lipinski definition) is 2. The summed E-state index contributed by atoms with van der Waals surface area (Å²) in [6, 6.07) is 3.53. The summed E-state index contributed by atoms with van der Waals surface area (Å²) in [7, 11) is -3.31. The van der Waals surface area contributed by atoms with E-state index in [-0.39, 0.29) is 22.8 Å². The highest BCUT2D eigenvalue weighted by Crippen LogP contribution is 2.20. The predicted octanol–water partition coefficient (Wildman–Crippen LogP) is 1.27. The van der Waals surface area contributed by atoms with Gasteiger partial charge >= 0.3 is 5.97 Å². The molecule has 1 amide bonds. The van der Waals surface area contributed by atoms with Crippen LogP contribution in [0.15, 0.2) is 18.2 Å². The van der Waals surface area contributed by atoms with Gasteiger partial charge in [-0.3, -0.25) is 4.79 Å². The van der Waals surface area contributed by atoms with Crippen molar-refractivity contribution in [2.75, 3.05) is 12.0 Å². The Kier molecular flexibility index (Phi) is 5.74. The van der Waals surface area contributed by atoms with Crippen LogP contribution in [0.2, 0.25) is 5.02 Å². The molecule has 1 atom stereocenters. The molecule has 0 saturated heterocycles. The lowest BCUT2D eigenvalue weighted by Crippen LogP contribution is -2.42. The van der Waals surface area contributed by atoms with Gasteiger partial charge in [-0.05, 0) is 25.0 Å². The van der Waals surface area contributed by atoms with Gasteiger partial charge in [-0.1, -0.05) is 23.7 Å². The lowest BCUT2D eigenvalue weighted by molar-refractivity contribution is -0.139. The normalized spacial score (nSPS) is 12.7. The Bertz CT molecular complexity index is 657. The summed E-state index contributed by atoms with van der Waals surface area (Å²) in [6.45, 7) is 1.72. The van der Waals surface area contributed by atoms with E-state index in [1.165, 1.54) is 6.07 Å². The van der Waals surface area contributed by atoms with Crippen LogP contribution in [0.4, 0.5) is 0 Å². The second-order valence-electron chi connectivity index (χ2n) is 4.72. The molecule has 21 heavy (non-hydrogen) atoms. The third kappa shape index (κ3) is 5.35. The SMILES string of the molecule is Cc1cccc(C(=O)NC(CCS(C)(=O)=O)C(=O)O)c1Cl. The fraction of sp³-hybridized carbons (Fsp3) is 0.385. The number of sulfone groups is 1. The first kappa shape index (κ1) is 17.5. The Labute approximate surface area is 128 Å². The van der Waals surface area contributed by atoms with Crippen LogP contribution >= 0.6 is 11.6 Å². The smallest absolute Gasteiger partial charge is 0.326 e. The van der Waals surface area contributed by atoms with Crippen LogP contribution in [0.1, 0.15) is 22.3 Å². The number of carboxylic acids is 1. The molecule has 0 radical (unpaired) electrons. The van der Waals surface area contributed by atoms with Gasteiger partial charge in [-0.25, -0.2) is 13.2 Å². The van der Waals surface area contributed by atoms with Crippen LogP contribution in [-0.4, -0.2) is 43.5 Å². The van der Waals surface area contributed by atoms with Gasteiger partial charge in [0.2, 0.25) is 0 Å². The number of rotatable bonds is 6. The number of aryl methyl sites for hydroxylation is 1. The lowest BCUT2D eigenvalue weighted by atomic mass is 10.1. The van der Waals surface area contributed by atoms with Crippen molar-refractivity contribution in [1.82, 2.24) is 5.32 Å². The molecule has 116 valence electrons. The molecule has 0 aliphatic rings. The van der Waals surface area contributed by atoms with Crippen molar-refractivity contribution in [3.05, 3.63) is 34.3 Å². The number of halogens is 1. The quantitative estimate of drug-likeness (QED) is 0.816. The van der Waals surface area contributed by atoms with Crippen molar-refractivity contribution in [2.45, 2.75) is 19.4 Å². The van der Waals surface area contributed by atoms with E-state index in [1.54, 1.807) is 19.1 Å². The molecule has 1 rings (SSSR count). The fourth-order valence-corrected chi connectivity index (χ4v) is 2.52. The van der Waals surface area contributed by atoms with Crippen molar-refractivity contribution in [3.63, 3.8) is 0 Å². The van der Waals surface area contributed by atoms with E-state index >= 15 is 0 Å². The highest BCUT2D eigenvalue weighted by Gasteiger charge is 2.23. The number of benzene rings is 1. The third-order valence-electron chi connectivity index (χ3n) is 2.82. The molecule has 0 saturated carbocycles. The summed E-state index contributed by atoms with van der Waals surface area (Å²) in [6.07, 6.45) is 0.800. The van der Waals surface area contributed by atoms with Crippen LogP contribution in [0.25, 0.3) is 0 Å². The summed E-state index contributed by atoms with van der Waals surface area (Å²) in [5.74, 6) is -2.27. The van der Waals surface area contributed by atoms with E-state index in [2.05, 4.69) is 5.32 Å². The standard InChI is InChI=1S/C13H16ClNO5S/c1-8-4-3-5-9(11(8)14)12(16)15-10(13(17)18)6-7-21(2,19)20/h3-5,10H,6-7H2,1-2H3,(H,15,16)(H,17,18). The van der Waals surface area contributed by atoms with Crippen molar-refractivity contribution < 1.29 is 23.1 Å². The second kappa shape index (κ2) is 6.91. The zero-order valence-corrected chi connectivity index (χ0v) is 13.2. The number of carboxylic acid groups (broad SMARTS) is 1. The Balaban J connectivity index is 2.86. The van der Waals surface area contributed by atoms with Crippen LogP contribution in [0.5, 0.6) is 0 Å². The fourth-order valence-electron chi connectivity index (χ4n) is 1.65. The number of hydrogen-bond acceptors (Lipinski definition) is 4. The van der Waals surface area contributed by atoms with Gasteiger partial charge in [0.15, 0.2) is 0 Å². The van der Waals surface area contributed by atoms with Gasteiger partial charge < -0.3 is 10.4 Å². The Morgan fingerprint density at radius 3 is 2.52 bits per heavy atom. The third-order valence-corrected chi connectivity index (χ3v) is 4.30. The molecule has 0 aromatic heterocycles. The van der Waals surface area contributed by atoms with Crippen LogP contribution in [-0.2, 0) is 14.6 Å². The molecule has 1 unspecified atom stereocenters. The van der Waals surface area contributed by atoms with E-state index in [1.807, 2.05) is 0 Å². The van der Waals surface area contributed by atoms with Gasteiger partial charge in [-0.2, -0.15) is 0 Å². The molecule has 0 fully saturated rings. The maximum absolute atomic E-state index is 12.0. The minimum atomic E-state index is -3.31. The number of amides is 1. The molecule has 8 heteroatoms. The largest absolute Gasteiger partial charge is 0.480 e. The molecular weight excluding hydrogens is 318 g/mol. The summed E-state index contributed by atoms with van der Waals surface area (Å²) >= 11 is 6.00. The minimum Gasteiger partial charge on any atom is -0.480 e. The highest BCUT2D eigenvalue weighted by molar-refractivity contribution is 7.90. The Morgan fingerprint density at radius 1 is 1.38 bits per heavy atom. The molecule has 0 aliphatic carbocycles. The van der Waals surface area contributed by atoms with Crippen molar-refractivity contribution >= 4 is 33.3 Å². The average molecular weight is 334 g/mol. The summed E-state index contributed by atoms with van der Waals surface area (Å²) in [5, 5.41) is 11.6. The van der Waals surface area contributed by atoms with Gasteiger partial charge in [0.25, 0.3) is 5.91 Å². The number of carbonyl (C=O) groups is 2. The van der Waals surface area contributed by atoms with Crippen molar-refractivity contribution in [3.8, 4) is 0 Å². The van der Waals surface area contributed by atoms with E-state index in [0.29, 0.717) is 5.56 Å². The molecule has 0 aliphatic heterocycles. The number of carbonyl (C=O) groups excluding carboxylic acids is 1. The van der Waals surface area contributed by atoms with E-state index < -0.39 is 27.8 Å². The number of nitrogens with one attached hydrogen (secondary N) is 1. The maximum Gasteiger partial charge on any atom is 0.326 e. The topological polar surface area (TPSA) is 101 Å². The zero-order valence-electron chi connectivity index (χ0n) is 11.6. The van der Waals surface area contributed by atoms with E-state index in [9.17, 15) is 18.0 Å². The van der Waals surface area contributed by atoms with Crippen LogP contribution in [0, 0.1) is 6.92 Å². The lowest BCUT2D eigenvalue weighted by Gasteiger charge is -2.15. The average Bonchev–Trinajstić information content (AvgIpc) is 2.36. The first-order valence-electron chi connectivity index (χ1n) is 6.08. The maximum atomic E-state index is 12.0. The second-order valence-corrected chi connectivity index (χ2v) is 7.36. The van der Waals surface area contributed by atoms with E-state index in [4.69, 9.17) is 16.7 Å². The molecular formula is C13H16ClNO5S. The molecule has 2 N–H and O–H groups in total. The van der Waals surface area contributed by atoms with Crippen LogP contribution in [0.3, 0.4) is 0 Å². The number of aliphatic carboxylic acids is 1. The van der Waals surface area contributed by atoms with Crippen molar-refractivity contribution in [1.29, 1.82) is 0 Å². The molecule has 0 bridgehead atoms. The minimum absolute atomic E-state index is 0.155. The van der Waals surface area contributed by atoms with Crippen molar-refractivity contribution in [2.24, 2.45) is 0 Å². The van der Waals surface area contributed by atoms with E-state index in [0.717, 1.165) is 6.26 Å². The summed E-state index contributed by atoms with van der Waals surface area (Å²) in [5.41, 5.74) is 0.842. The zero-order chi connectivity index (χ0) is 16.2. The first-order chi connectivity index (χ1) is 9.61. The summed E-state index contributed by atoms with van der Waals surface area (Å²) in [4.78, 5) is 23.1. The van der Waals surface area contributed by atoms with Gasteiger partial charge in [0.05, 0.1) is 16.3 Å². The van der Waals surface area contributed by atoms with Gasteiger partial charge in [-0.15, -0.1) is 0 Å². The van der Waals surface area contributed by atoms with Gasteiger partial charge in [0, 0.05) is 6.26 Å². The Hall–Kier alpha value is -1.60. The van der Waals surface area contributed by atoms with Gasteiger partial charge in [0.1, 0.15) is 15.9 Å². The highest BCUT2D eigenvalue weighted by atomic mass is 35.5. The van der Waals surface area contributed by atoms with Crippen LogP contribution < -0.4 is 5.32 Å². The first-order valence-corrected chi connectivity index (χ1v) is 8.52. The molecule has 1 aromatic rings. The Morgan fingerprint density at radius 2 is 2.00 bits per heavy atom. The molecule has 0 heterocycles.